The van der Waals surface area contributed by atoms with Crippen LogP contribution in [-0.4, -0.2) is 4.57 Å². The van der Waals surface area contributed by atoms with Crippen LogP contribution < -0.4 is 0 Å². The first kappa shape index (κ1) is 21.9. The number of aromatic nitrogens is 1. The van der Waals surface area contributed by atoms with Crippen LogP contribution in [0.5, 0.6) is 0 Å². The van der Waals surface area contributed by atoms with Crippen LogP contribution in [0.2, 0.25) is 0 Å². The van der Waals surface area contributed by atoms with Crippen molar-refractivity contribution in [2.24, 2.45) is 0 Å². The van der Waals surface area contributed by atoms with Crippen molar-refractivity contribution >= 4 is 43.4 Å². The predicted molar refractivity (Wildman–Crippen MR) is 167 cm³/mol. The average Bonchev–Trinajstić information content (AvgIpc) is 3.34. The van der Waals surface area contributed by atoms with Crippen molar-refractivity contribution in [2.45, 2.75) is 0 Å². The first-order valence-electron chi connectivity index (χ1n) is 13.4. The van der Waals surface area contributed by atoms with Gasteiger partial charge in [-0.05, 0) is 68.7 Å². The first-order chi connectivity index (χ1) is 19.3. The molecule has 1 heteroatoms. The van der Waals surface area contributed by atoms with Gasteiger partial charge in [-0.3, -0.25) is 0 Å². The van der Waals surface area contributed by atoms with Crippen molar-refractivity contribution in [1.29, 1.82) is 0 Å². The van der Waals surface area contributed by atoms with Crippen LogP contribution >= 0.6 is 0 Å². The molecule has 0 atom stereocenters. The van der Waals surface area contributed by atoms with Gasteiger partial charge in [0.05, 0.1) is 16.7 Å². The van der Waals surface area contributed by atoms with Gasteiger partial charge in [0.1, 0.15) is 0 Å². The maximum Gasteiger partial charge on any atom is 0.0541 e. The molecule has 0 radical (unpaired) electrons. The van der Waals surface area contributed by atoms with Crippen molar-refractivity contribution in [3.63, 3.8) is 0 Å². The number of hydrogen-bond donors (Lipinski definition) is 0. The van der Waals surface area contributed by atoms with E-state index in [1.807, 2.05) is 0 Å². The molecule has 8 aromatic rings. The average molecular weight is 496 g/mol. The molecule has 0 amide bonds. The van der Waals surface area contributed by atoms with Gasteiger partial charge in [-0.15, -0.1) is 0 Å². The van der Waals surface area contributed by atoms with Crippen LogP contribution in [0.15, 0.2) is 152 Å². The van der Waals surface area contributed by atoms with Crippen LogP contribution in [0.25, 0.3) is 71.3 Å². The number of rotatable bonds is 3. The minimum Gasteiger partial charge on any atom is -0.309 e. The Morgan fingerprint density at radius 1 is 0.308 bits per heavy atom. The molecule has 0 saturated carbocycles. The van der Waals surface area contributed by atoms with Crippen molar-refractivity contribution < 1.29 is 0 Å². The third-order valence-corrected chi connectivity index (χ3v) is 7.98. The fourth-order valence-electron chi connectivity index (χ4n) is 6.04. The van der Waals surface area contributed by atoms with E-state index in [-0.39, 0.29) is 0 Å². The Bertz CT molecular complexity index is 2160. The summed E-state index contributed by atoms with van der Waals surface area (Å²) in [7, 11) is 0. The summed E-state index contributed by atoms with van der Waals surface area (Å²) in [5, 5.41) is 7.60. The van der Waals surface area contributed by atoms with E-state index in [4.69, 9.17) is 0 Å². The molecule has 1 nitrogen and oxygen atoms in total. The Labute approximate surface area is 227 Å². The Morgan fingerprint density at radius 2 is 0.872 bits per heavy atom. The molecule has 39 heavy (non-hydrogen) atoms. The lowest BCUT2D eigenvalue weighted by molar-refractivity contribution is 1.20. The van der Waals surface area contributed by atoms with Gasteiger partial charge in [0.25, 0.3) is 0 Å². The minimum atomic E-state index is 1.21. The van der Waals surface area contributed by atoms with Crippen LogP contribution in [0.3, 0.4) is 0 Å². The van der Waals surface area contributed by atoms with E-state index < -0.39 is 0 Å². The molecule has 8 rings (SSSR count). The molecule has 0 saturated heterocycles. The Balaban J connectivity index is 1.26. The van der Waals surface area contributed by atoms with Crippen LogP contribution in [0.4, 0.5) is 0 Å². The monoisotopic (exact) mass is 495 g/mol. The minimum absolute atomic E-state index is 1.21. The third-order valence-electron chi connectivity index (χ3n) is 7.98. The van der Waals surface area contributed by atoms with Crippen molar-refractivity contribution in [1.82, 2.24) is 4.57 Å². The van der Waals surface area contributed by atoms with Crippen molar-refractivity contribution in [3.8, 4) is 27.9 Å². The smallest absolute Gasteiger partial charge is 0.0541 e. The Morgan fingerprint density at radius 3 is 1.69 bits per heavy atom. The fraction of sp³-hybridized carbons (Fsp3) is 0. The van der Waals surface area contributed by atoms with Crippen LogP contribution in [-0.2, 0) is 0 Å². The summed E-state index contributed by atoms with van der Waals surface area (Å²) >= 11 is 0. The quantitative estimate of drug-likeness (QED) is 0.230. The zero-order chi connectivity index (χ0) is 25.8. The number of nitrogens with zero attached hydrogens (tertiary/aromatic N) is 1. The molecule has 0 aliphatic carbocycles. The number of hydrogen-bond acceptors (Lipinski definition) is 0. The highest BCUT2D eigenvalue weighted by Crippen LogP contribution is 2.37. The highest BCUT2D eigenvalue weighted by atomic mass is 15.0. The molecule has 0 N–H and O–H groups in total. The lowest BCUT2D eigenvalue weighted by Crippen LogP contribution is -1.95. The summed E-state index contributed by atoms with van der Waals surface area (Å²) in [6.07, 6.45) is 0. The zero-order valence-corrected chi connectivity index (χ0v) is 21.4. The topological polar surface area (TPSA) is 4.93 Å². The maximum atomic E-state index is 2.42. The van der Waals surface area contributed by atoms with E-state index in [1.54, 1.807) is 0 Å². The molecule has 1 heterocycles. The van der Waals surface area contributed by atoms with Gasteiger partial charge < -0.3 is 4.57 Å². The largest absolute Gasteiger partial charge is 0.309 e. The third kappa shape index (κ3) is 3.55. The lowest BCUT2D eigenvalue weighted by atomic mass is 9.97. The molecule has 0 fully saturated rings. The molecule has 0 spiro atoms. The van der Waals surface area contributed by atoms with E-state index in [1.165, 1.54) is 71.3 Å². The second kappa shape index (κ2) is 8.72. The first-order valence-corrected chi connectivity index (χ1v) is 13.4. The molecule has 1 aromatic heterocycles. The highest BCUT2D eigenvalue weighted by Gasteiger charge is 2.14. The zero-order valence-electron chi connectivity index (χ0n) is 21.4. The Hall–Kier alpha value is -5.14. The molecule has 0 bridgehead atoms. The molecule has 182 valence electrons. The van der Waals surface area contributed by atoms with E-state index in [2.05, 4.69) is 156 Å². The van der Waals surface area contributed by atoms with Gasteiger partial charge in [0.2, 0.25) is 0 Å². The summed E-state index contributed by atoms with van der Waals surface area (Å²) in [4.78, 5) is 0. The summed E-state index contributed by atoms with van der Waals surface area (Å²) in [6, 6.07) is 55.0. The van der Waals surface area contributed by atoms with Crippen molar-refractivity contribution in [3.05, 3.63) is 152 Å². The van der Waals surface area contributed by atoms with E-state index in [9.17, 15) is 0 Å². The van der Waals surface area contributed by atoms with Gasteiger partial charge >= 0.3 is 0 Å². The maximum absolute atomic E-state index is 2.42. The van der Waals surface area contributed by atoms with Crippen LogP contribution in [0, 0.1) is 0 Å². The van der Waals surface area contributed by atoms with E-state index in [0.29, 0.717) is 0 Å². The lowest BCUT2D eigenvalue weighted by Gasteiger charge is -2.12. The summed E-state index contributed by atoms with van der Waals surface area (Å²) < 4.78 is 2.42. The van der Waals surface area contributed by atoms with Gasteiger partial charge in [-0.1, -0.05) is 121 Å². The summed E-state index contributed by atoms with van der Waals surface area (Å²) in [5.74, 6) is 0. The molecular weight excluding hydrogens is 470 g/mol. The highest BCUT2D eigenvalue weighted by molar-refractivity contribution is 6.11. The summed E-state index contributed by atoms with van der Waals surface area (Å²) in [6.45, 7) is 0. The van der Waals surface area contributed by atoms with Gasteiger partial charge in [0.15, 0.2) is 0 Å². The number of benzene rings is 7. The second-order valence-corrected chi connectivity index (χ2v) is 10.2. The molecule has 0 unspecified atom stereocenters. The second-order valence-electron chi connectivity index (χ2n) is 10.2. The van der Waals surface area contributed by atoms with Gasteiger partial charge in [0, 0.05) is 16.2 Å². The van der Waals surface area contributed by atoms with Crippen molar-refractivity contribution in [2.75, 3.05) is 0 Å². The van der Waals surface area contributed by atoms with E-state index in [0.717, 1.165) is 0 Å². The molecule has 0 aliphatic heterocycles. The standard InChI is InChI=1S/C38H25N/c1-2-10-30-24-31(21-20-26(30)8-1)27-16-18-28(19-17-27)32-22-23-38-35(25-32)34-13-5-6-14-37(34)39(38)36-15-7-11-29-9-3-4-12-33(29)36/h1-25H. The molecule has 0 aliphatic rings. The summed E-state index contributed by atoms with van der Waals surface area (Å²) in [5.41, 5.74) is 8.60. The van der Waals surface area contributed by atoms with Crippen LogP contribution in [0.1, 0.15) is 0 Å². The predicted octanol–water partition coefficient (Wildman–Crippen LogP) is 10.4. The number of fused-ring (bicyclic) bond motifs is 5. The SMILES string of the molecule is c1ccc2cc(-c3ccc(-c4ccc5c(c4)c4ccccc4n5-c4cccc5ccccc45)cc3)ccc2c1. The van der Waals surface area contributed by atoms with Gasteiger partial charge in [-0.2, -0.15) is 0 Å². The normalized spacial score (nSPS) is 11.6. The number of para-hydroxylation sites is 1. The Kier molecular flexibility index (Phi) is 4.89. The van der Waals surface area contributed by atoms with Gasteiger partial charge in [-0.25, -0.2) is 0 Å². The molecule has 7 aromatic carbocycles. The molecular formula is C38H25N. The fourth-order valence-corrected chi connectivity index (χ4v) is 6.04. The van der Waals surface area contributed by atoms with E-state index >= 15 is 0 Å².